The van der Waals surface area contributed by atoms with E-state index in [1.54, 1.807) is 7.11 Å². The molecule has 14 heavy (non-hydrogen) atoms. The van der Waals surface area contributed by atoms with E-state index >= 15 is 0 Å². The first-order valence-electron chi connectivity index (χ1n) is 4.93. The maximum absolute atomic E-state index is 5.11. The van der Waals surface area contributed by atoms with Crippen molar-refractivity contribution in [2.24, 2.45) is 0 Å². The molecule has 1 aromatic carbocycles. The lowest BCUT2D eigenvalue weighted by molar-refractivity contribution is 0.415. The molecule has 1 aromatic rings. The van der Waals surface area contributed by atoms with Gasteiger partial charge in [-0.3, -0.25) is 0 Å². The summed E-state index contributed by atoms with van der Waals surface area (Å²) in [4.78, 5) is 0. The molecular weight excluding hydrogens is 174 g/mol. The molecule has 0 atom stereocenters. The summed E-state index contributed by atoms with van der Waals surface area (Å²) in [7, 11) is 1.69. The molecule has 1 aliphatic rings. The molecule has 0 amide bonds. The smallest absolute Gasteiger partial charge is 0.118 e. The Morgan fingerprint density at radius 3 is 2.64 bits per heavy atom. The Morgan fingerprint density at radius 2 is 2.07 bits per heavy atom. The van der Waals surface area contributed by atoms with Gasteiger partial charge < -0.3 is 10.1 Å². The van der Waals surface area contributed by atoms with Crippen molar-refractivity contribution in [2.75, 3.05) is 20.2 Å². The predicted octanol–water partition coefficient (Wildman–Crippen LogP) is 2.07. The highest BCUT2D eigenvalue weighted by atomic mass is 16.5. The molecule has 1 heterocycles. The van der Waals surface area contributed by atoms with E-state index in [0.29, 0.717) is 0 Å². The lowest BCUT2D eigenvalue weighted by Gasteiger charge is -2.00. The maximum Gasteiger partial charge on any atom is 0.118 e. The van der Waals surface area contributed by atoms with Crippen molar-refractivity contribution >= 4 is 6.08 Å². The summed E-state index contributed by atoms with van der Waals surface area (Å²) in [5, 5.41) is 3.32. The fraction of sp³-hybridized carbons (Fsp3) is 0.333. The van der Waals surface area contributed by atoms with E-state index in [1.165, 1.54) is 17.6 Å². The van der Waals surface area contributed by atoms with Crippen LogP contribution in [0, 0.1) is 0 Å². The fourth-order valence-electron chi connectivity index (χ4n) is 1.65. The molecule has 74 valence electrons. The Labute approximate surface area is 84.6 Å². The normalized spacial score (nSPS) is 18.8. The van der Waals surface area contributed by atoms with Crippen molar-refractivity contribution in [1.29, 1.82) is 0 Å². The van der Waals surface area contributed by atoms with Crippen molar-refractivity contribution in [3.05, 3.63) is 35.4 Å². The van der Waals surface area contributed by atoms with E-state index in [2.05, 4.69) is 23.5 Å². The molecule has 1 N–H and O–H groups in total. The van der Waals surface area contributed by atoms with Gasteiger partial charge in [-0.15, -0.1) is 0 Å². The Kier molecular flexibility index (Phi) is 2.84. The number of nitrogens with one attached hydrogen (secondary N) is 1. The summed E-state index contributed by atoms with van der Waals surface area (Å²) < 4.78 is 5.11. The number of methoxy groups -OCH3 is 1. The van der Waals surface area contributed by atoms with Crippen molar-refractivity contribution in [1.82, 2.24) is 5.32 Å². The minimum absolute atomic E-state index is 0.914. The van der Waals surface area contributed by atoms with E-state index < -0.39 is 0 Å². The SMILES string of the molecule is COc1ccc(C=C2CCNC2)cc1. The van der Waals surface area contributed by atoms with Gasteiger partial charge >= 0.3 is 0 Å². The largest absolute Gasteiger partial charge is 0.497 e. The van der Waals surface area contributed by atoms with Crippen LogP contribution < -0.4 is 10.1 Å². The lowest BCUT2D eigenvalue weighted by Crippen LogP contribution is -2.04. The summed E-state index contributed by atoms with van der Waals surface area (Å²) in [6.07, 6.45) is 3.42. The summed E-state index contributed by atoms with van der Waals surface area (Å²) in [6.45, 7) is 2.15. The number of ether oxygens (including phenoxy) is 1. The Balaban J connectivity index is 2.12. The van der Waals surface area contributed by atoms with E-state index in [9.17, 15) is 0 Å². The molecule has 2 nitrogen and oxygen atoms in total. The second-order valence-electron chi connectivity index (χ2n) is 3.50. The van der Waals surface area contributed by atoms with Crippen LogP contribution in [0.25, 0.3) is 6.08 Å². The van der Waals surface area contributed by atoms with Gasteiger partial charge in [-0.2, -0.15) is 0 Å². The second kappa shape index (κ2) is 4.29. The lowest BCUT2D eigenvalue weighted by atomic mass is 10.1. The molecule has 0 aromatic heterocycles. The minimum atomic E-state index is 0.914. The summed E-state index contributed by atoms with van der Waals surface area (Å²) in [6, 6.07) is 8.16. The van der Waals surface area contributed by atoms with Gasteiger partial charge in [0.25, 0.3) is 0 Å². The molecule has 0 radical (unpaired) electrons. The van der Waals surface area contributed by atoms with Gasteiger partial charge in [0, 0.05) is 6.54 Å². The Bertz CT molecular complexity index is 319. The molecule has 0 bridgehead atoms. The predicted molar refractivity (Wildman–Crippen MR) is 58.5 cm³/mol. The van der Waals surface area contributed by atoms with Crippen molar-refractivity contribution in [2.45, 2.75) is 6.42 Å². The van der Waals surface area contributed by atoms with E-state index in [0.717, 1.165) is 18.8 Å². The minimum Gasteiger partial charge on any atom is -0.497 e. The van der Waals surface area contributed by atoms with Crippen LogP contribution in [-0.4, -0.2) is 20.2 Å². The van der Waals surface area contributed by atoms with Gasteiger partial charge in [0.15, 0.2) is 0 Å². The quantitative estimate of drug-likeness (QED) is 0.769. The molecular formula is C12H15NO. The third kappa shape index (κ3) is 2.15. The highest BCUT2D eigenvalue weighted by molar-refractivity contribution is 5.54. The molecule has 1 saturated heterocycles. The molecule has 2 rings (SSSR count). The third-order valence-corrected chi connectivity index (χ3v) is 2.46. The van der Waals surface area contributed by atoms with E-state index in [-0.39, 0.29) is 0 Å². The summed E-state index contributed by atoms with van der Waals surface area (Å²) in [5.41, 5.74) is 2.74. The molecule has 0 unspecified atom stereocenters. The number of hydrogen-bond donors (Lipinski definition) is 1. The first kappa shape index (κ1) is 9.28. The van der Waals surface area contributed by atoms with Gasteiger partial charge in [-0.25, -0.2) is 0 Å². The van der Waals surface area contributed by atoms with Gasteiger partial charge in [-0.05, 0) is 30.7 Å². The highest BCUT2D eigenvalue weighted by Crippen LogP contribution is 2.16. The molecule has 0 aliphatic carbocycles. The van der Waals surface area contributed by atoms with Crippen molar-refractivity contribution < 1.29 is 4.74 Å². The first-order valence-corrected chi connectivity index (χ1v) is 4.93. The van der Waals surface area contributed by atoms with Gasteiger partial charge in [0.1, 0.15) is 5.75 Å². The highest BCUT2D eigenvalue weighted by Gasteiger charge is 2.04. The fourth-order valence-corrected chi connectivity index (χ4v) is 1.65. The molecule has 0 saturated carbocycles. The average Bonchev–Trinajstić information content (AvgIpc) is 2.72. The first-order chi connectivity index (χ1) is 6.88. The van der Waals surface area contributed by atoms with Crippen molar-refractivity contribution in [3.63, 3.8) is 0 Å². The van der Waals surface area contributed by atoms with Crippen LogP contribution in [0.1, 0.15) is 12.0 Å². The summed E-state index contributed by atoms with van der Waals surface area (Å²) >= 11 is 0. The topological polar surface area (TPSA) is 21.3 Å². The van der Waals surface area contributed by atoms with E-state index in [1.807, 2.05) is 12.1 Å². The molecule has 2 heteroatoms. The zero-order valence-corrected chi connectivity index (χ0v) is 8.42. The number of hydrogen-bond acceptors (Lipinski definition) is 2. The van der Waals surface area contributed by atoms with Crippen LogP contribution in [0.5, 0.6) is 5.75 Å². The zero-order valence-electron chi connectivity index (χ0n) is 8.42. The molecule has 0 spiro atoms. The van der Waals surface area contributed by atoms with Crippen molar-refractivity contribution in [3.8, 4) is 5.75 Å². The van der Waals surface area contributed by atoms with Crippen LogP contribution in [0.15, 0.2) is 29.8 Å². The standard InChI is InChI=1S/C12H15NO/c1-14-12-4-2-10(3-5-12)8-11-6-7-13-9-11/h2-5,8,13H,6-7,9H2,1H3. The van der Waals surface area contributed by atoms with Crippen LogP contribution >= 0.6 is 0 Å². The average molecular weight is 189 g/mol. The third-order valence-electron chi connectivity index (χ3n) is 2.46. The Morgan fingerprint density at radius 1 is 1.29 bits per heavy atom. The summed E-state index contributed by atoms with van der Waals surface area (Å²) in [5.74, 6) is 0.914. The Hall–Kier alpha value is -1.28. The molecule has 1 aliphatic heterocycles. The van der Waals surface area contributed by atoms with Crippen LogP contribution in [0.3, 0.4) is 0 Å². The van der Waals surface area contributed by atoms with Gasteiger partial charge in [0.05, 0.1) is 7.11 Å². The van der Waals surface area contributed by atoms with Crippen LogP contribution in [0.2, 0.25) is 0 Å². The van der Waals surface area contributed by atoms with Gasteiger partial charge in [-0.1, -0.05) is 23.8 Å². The van der Waals surface area contributed by atoms with Crippen LogP contribution in [0.4, 0.5) is 0 Å². The number of benzene rings is 1. The van der Waals surface area contributed by atoms with E-state index in [4.69, 9.17) is 4.74 Å². The number of rotatable bonds is 2. The van der Waals surface area contributed by atoms with Crippen LogP contribution in [-0.2, 0) is 0 Å². The monoisotopic (exact) mass is 189 g/mol. The zero-order chi connectivity index (χ0) is 9.80. The van der Waals surface area contributed by atoms with Gasteiger partial charge in [0.2, 0.25) is 0 Å². The maximum atomic E-state index is 5.11. The second-order valence-corrected chi connectivity index (χ2v) is 3.50. The molecule has 1 fully saturated rings.